The van der Waals surface area contributed by atoms with Crippen molar-refractivity contribution in [1.82, 2.24) is 0 Å². The molecule has 0 unspecified atom stereocenters. The van der Waals surface area contributed by atoms with Crippen LogP contribution in [0.15, 0.2) is 11.6 Å². The first-order chi connectivity index (χ1) is 9.35. The van der Waals surface area contributed by atoms with E-state index < -0.39 is 5.97 Å². The maximum absolute atomic E-state index is 12.1. The minimum atomic E-state index is -0.430. The first-order valence-corrected chi connectivity index (χ1v) is 7.19. The molecule has 0 aliphatic heterocycles. The van der Waals surface area contributed by atoms with E-state index >= 15 is 0 Å². The van der Waals surface area contributed by atoms with Crippen LogP contribution in [-0.2, 0) is 19.1 Å². The molecule has 20 heavy (non-hydrogen) atoms. The molecule has 1 aliphatic carbocycles. The fourth-order valence-electron chi connectivity index (χ4n) is 2.70. The van der Waals surface area contributed by atoms with E-state index in [1.807, 2.05) is 20.8 Å². The molecular formula is C16H24O4. The maximum atomic E-state index is 12.1. The van der Waals surface area contributed by atoms with Crippen LogP contribution in [0.5, 0.6) is 0 Å². The molecule has 4 nitrogen and oxygen atoms in total. The Hall–Kier alpha value is -1.45. The summed E-state index contributed by atoms with van der Waals surface area (Å²) in [5.41, 5.74) is 0.439. The van der Waals surface area contributed by atoms with E-state index in [9.17, 15) is 14.4 Å². The third kappa shape index (κ3) is 4.58. The molecule has 0 aromatic rings. The van der Waals surface area contributed by atoms with E-state index in [2.05, 4.69) is 4.74 Å². The Balaban J connectivity index is 2.61. The van der Waals surface area contributed by atoms with Crippen molar-refractivity contribution in [2.75, 3.05) is 7.11 Å². The molecule has 0 radical (unpaired) electrons. The van der Waals surface area contributed by atoms with Crippen molar-refractivity contribution < 1.29 is 19.1 Å². The highest BCUT2D eigenvalue weighted by Gasteiger charge is 2.30. The smallest absolute Gasteiger partial charge is 0.333 e. The molecule has 0 heterocycles. The monoisotopic (exact) mass is 280 g/mol. The van der Waals surface area contributed by atoms with Gasteiger partial charge in [0.25, 0.3) is 0 Å². The summed E-state index contributed by atoms with van der Waals surface area (Å²) in [5, 5.41) is 0. The highest BCUT2D eigenvalue weighted by molar-refractivity contribution is 6.02. The minimum absolute atomic E-state index is 0.0317. The number of allylic oxidation sites excluding steroid dienone is 1. The van der Waals surface area contributed by atoms with Crippen LogP contribution in [0.2, 0.25) is 0 Å². The van der Waals surface area contributed by atoms with E-state index in [0.29, 0.717) is 37.2 Å². The lowest BCUT2D eigenvalue weighted by Gasteiger charge is -2.25. The second kappa shape index (κ2) is 7.36. The third-order valence-corrected chi connectivity index (χ3v) is 3.73. The number of Topliss-reactive ketones (excluding diaryl/α,β-unsaturated/α-hetero) is 1. The van der Waals surface area contributed by atoms with E-state index in [1.54, 1.807) is 0 Å². The predicted octanol–water partition coefficient (Wildman–Crippen LogP) is 2.71. The van der Waals surface area contributed by atoms with Gasteiger partial charge in [-0.1, -0.05) is 20.8 Å². The topological polar surface area (TPSA) is 60.4 Å². The Morgan fingerprint density at radius 3 is 2.45 bits per heavy atom. The molecule has 0 bridgehead atoms. The zero-order valence-electron chi connectivity index (χ0n) is 12.8. The molecule has 1 rings (SSSR count). The van der Waals surface area contributed by atoms with Crippen LogP contribution in [0, 0.1) is 17.8 Å². The summed E-state index contributed by atoms with van der Waals surface area (Å²) in [6.07, 6.45) is 3.57. The van der Waals surface area contributed by atoms with E-state index in [1.165, 1.54) is 13.2 Å². The van der Waals surface area contributed by atoms with Gasteiger partial charge in [0, 0.05) is 24.3 Å². The summed E-state index contributed by atoms with van der Waals surface area (Å²) in [7, 11) is 1.31. The molecule has 1 aliphatic rings. The largest absolute Gasteiger partial charge is 0.466 e. The molecule has 0 spiro atoms. The van der Waals surface area contributed by atoms with Gasteiger partial charge in [-0.25, -0.2) is 4.79 Å². The summed E-state index contributed by atoms with van der Waals surface area (Å²) in [5.74, 6) is -0.0452. The Bertz CT molecular complexity index is 420. The molecule has 2 atom stereocenters. The number of ether oxygens (including phenoxy) is 1. The molecule has 0 aromatic heterocycles. The van der Waals surface area contributed by atoms with Gasteiger partial charge >= 0.3 is 5.97 Å². The maximum Gasteiger partial charge on any atom is 0.333 e. The van der Waals surface area contributed by atoms with Gasteiger partial charge in [0.1, 0.15) is 5.78 Å². The lowest BCUT2D eigenvalue weighted by atomic mass is 9.78. The van der Waals surface area contributed by atoms with E-state index in [0.717, 1.165) is 0 Å². The molecule has 112 valence electrons. The normalized spacial score (nSPS) is 20.6. The van der Waals surface area contributed by atoms with Gasteiger partial charge in [-0.2, -0.15) is 0 Å². The van der Waals surface area contributed by atoms with E-state index in [-0.39, 0.29) is 23.4 Å². The standard InChI is InChI=1S/C16H24O4/c1-10(2)7-13(17)8-11(3)14-6-5-12(9-15(14)18)16(19)20-4/h9-11,14H,5-8H2,1-4H3/t11-,14-/m0/s1. The number of hydrogen-bond donors (Lipinski definition) is 0. The number of hydrogen-bond acceptors (Lipinski definition) is 4. The van der Waals surface area contributed by atoms with Gasteiger partial charge in [-0.05, 0) is 30.8 Å². The molecule has 0 fully saturated rings. The molecule has 4 heteroatoms. The summed E-state index contributed by atoms with van der Waals surface area (Å²) >= 11 is 0. The Morgan fingerprint density at radius 1 is 1.30 bits per heavy atom. The molecule has 0 amide bonds. The van der Waals surface area contributed by atoms with Crippen molar-refractivity contribution in [3.05, 3.63) is 11.6 Å². The fourth-order valence-corrected chi connectivity index (χ4v) is 2.70. The summed E-state index contributed by atoms with van der Waals surface area (Å²) in [4.78, 5) is 35.3. The van der Waals surface area contributed by atoms with Crippen molar-refractivity contribution in [2.45, 2.75) is 46.5 Å². The van der Waals surface area contributed by atoms with E-state index in [4.69, 9.17) is 0 Å². The van der Waals surface area contributed by atoms with Crippen LogP contribution < -0.4 is 0 Å². The van der Waals surface area contributed by atoms with Crippen LogP contribution in [0.25, 0.3) is 0 Å². The van der Waals surface area contributed by atoms with Crippen molar-refractivity contribution >= 4 is 17.5 Å². The summed E-state index contributed by atoms with van der Waals surface area (Å²) in [6.45, 7) is 5.97. The first kappa shape index (κ1) is 16.6. The average molecular weight is 280 g/mol. The van der Waals surface area contributed by atoms with Crippen molar-refractivity contribution in [1.29, 1.82) is 0 Å². The number of carbonyl (C=O) groups is 3. The molecule has 0 aromatic carbocycles. The third-order valence-electron chi connectivity index (χ3n) is 3.73. The average Bonchev–Trinajstić information content (AvgIpc) is 2.36. The van der Waals surface area contributed by atoms with Gasteiger partial charge in [-0.3, -0.25) is 9.59 Å². The van der Waals surface area contributed by atoms with Gasteiger partial charge in [-0.15, -0.1) is 0 Å². The van der Waals surface area contributed by atoms with Crippen LogP contribution in [-0.4, -0.2) is 24.6 Å². The van der Waals surface area contributed by atoms with Crippen LogP contribution in [0.1, 0.15) is 46.5 Å². The number of rotatable bonds is 6. The number of carbonyl (C=O) groups excluding carboxylic acids is 3. The van der Waals surface area contributed by atoms with Gasteiger partial charge in [0.05, 0.1) is 7.11 Å². The second-order valence-corrected chi connectivity index (χ2v) is 6.03. The minimum Gasteiger partial charge on any atom is -0.466 e. The Kier molecular flexibility index (Phi) is 6.11. The quantitative estimate of drug-likeness (QED) is 0.702. The van der Waals surface area contributed by atoms with Crippen molar-refractivity contribution in [2.24, 2.45) is 17.8 Å². The zero-order valence-corrected chi connectivity index (χ0v) is 12.8. The summed E-state index contributed by atoms with van der Waals surface area (Å²) < 4.78 is 4.63. The number of methoxy groups -OCH3 is 1. The highest BCUT2D eigenvalue weighted by atomic mass is 16.5. The SMILES string of the molecule is COC(=O)C1=CC(=O)[C@H]([C@@H](C)CC(=O)CC(C)C)CC1. The van der Waals surface area contributed by atoms with Gasteiger partial charge in [0.2, 0.25) is 0 Å². The lowest BCUT2D eigenvalue weighted by molar-refractivity contribution is -0.137. The molecule has 0 N–H and O–H groups in total. The molecule has 0 saturated carbocycles. The van der Waals surface area contributed by atoms with Gasteiger partial charge < -0.3 is 4.74 Å². The van der Waals surface area contributed by atoms with Crippen molar-refractivity contribution in [3.8, 4) is 0 Å². The summed E-state index contributed by atoms with van der Waals surface area (Å²) in [6, 6.07) is 0. The van der Waals surface area contributed by atoms with Crippen LogP contribution >= 0.6 is 0 Å². The predicted molar refractivity (Wildman–Crippen MR) is 76.1 cm³/mol. The van der Waals surface area contributed by atoms with Crippen LogP contribution in [0.4, 0.5) is 0 Å². The highest BCUT2D eigenvalue weighted by Crippen LogP contribution is 2.29. The van der Waals surface area contributed by atoms with Gasteiger partial charge in [0.15, 0.2) is 5.78 Å². The number of ketones is 2. The first-order valence-electron chi connectivity index (χ1n) is 7.19. The van der Waals surface area contributed by atoms with Crippen molar-refractivity contribution in [3.63, 3.8) is 0 Å². The Labute approximate surface area is 120 Å². The second-order valence-electron chi connectivity index (χ2n) is 6.03. The molecule has 0 saturated heterocycles. The fraction of sp³-hybridized carbons (Fsp3) is 0.688. The number of esters is 1. The molecular weight excluding hydrogens is 256 g/mol. The Morgan fingerprint density at radius 2 is 1.95 bits per heavy atom. The van der Waals surface area contributed by atoms with Crippen LogP contribution in [0.3, 0.4) is 0 Å². The lowest BCUT2D eigenvalue weighted by Crippen LogP contribution is -2.27. The zero-order chi connectivity index (χ0) is 15.3.